The quantitative estimate of drug-likeness (QED) is 0.0850. The first-order valence-electron chi connectivity index (χ1n) is 16.9. The molecule has 0 saturated heterocycles. The Morgan fingerprint density at radius 1 is 0.250 bits per heavy atom. The number of hydrogen-bond acceptors (Lipinski definition) is 12. The zero-order valence-electron chi connectivity index (χ0n) is 27.9. The van der Waals surface area contributed by atoms with Crippen molar-refractivity contribution in [3.8, 4) is 0 Å². The van der Waals surface area contributed by atoms with Crippen LogP contribution in [0.5, 0.6) is 0 Å². The highest BCUT2D eigenvalue weighted by molar-refractivity contribution is 4.47. The molecule has 0 radical (unpaired) electrons. The molecule has 0 bridgehead atoms. The first-order valence-corrected chi connectivity index (χ1v) is 16.9. The van der Waals surface area contributed by atoms with Gasteiger partial charge in [0.15, 0.2) is 0 Å². The van der Waals surface area contributed by atoms with E-state index in [1.807, 2.05) is 0 Å². The molecule has 44 heavy (non-hydrogen) atoms. The van der Waals surface area contributed by atoms with E-state index in [2.05, 4.69) is 6.92 Å². The second-order valence-corrected chi connectivity index (χ2v) is 9.86. The summed E-state index contributed by atoms with van der Waals surface area (Å²) in [6, 6.07) is 0. The minimum absolute atomic E-state index is 0.0386. The van der Waals surface area contributed by atoms with E-state index in [9.17, 15) is 0 Å². The van der Waals surface area contributed by atoms with E-state index in [1.54, 1.807) is 0 Å². The number of aliphatic hydroxyl groups is 3. The highest BCUT2D eigenvalue weighted by Gasteiger charge is 1.96. The van der Waals surface area contributed by atoms with Gasteiger partial charge in [-0.1, -0.05) is 64.7 Å². The van der Waals surface area contributed by atoms with E-state index in [4.69, 9.17) is 58.0 Å². The molecule has 0 aliphatic carbocycles. The van der Waals surface area contributed by atoms with Crippen molar-refractivity contribution in [2.24, 2.45) is 0 Å². The molecule has 0 saturated carbocycles. The number of unbranched alkanes of at least 4 members (excludes halogenated alkanes) is 9. The number of aliphatic hydroxyl groups excluding tert-OH is 3. The lowest BCUT2D eigenvalue weighted by molar-refractivity contribution is -0.0134. The van der Waals surface area contributed by atoms with Gasteiger partial charge < -0.3 is 58.0 Å². The normalized spacial score (nSPS) is 11.2. The van der Waals surface area contributed by atoms with Crippen molar-refractivity contribution in [2.75, 3.05) is 139 Å². The molecule has 12 nitrogen and oxygen atoms in total. The highest BCUT2D eigenvalue weighted by Crippen LogP contribution is 2.10. The zero-order chi connectivity index (χ0) is 32.3. The predicted octanol–water partition coefficient (Wildman–Crippen LogP) is 3.02. The lowest BCUT2D eigenvalue weighted by Gasteiger charge is -2.08. The molecule has 0 fully saturated rings. The van der Waals surface area contributed by atoms with Crippen molar-refractivity contribution in [1.82, 2.24) is 0 Å². The van der Waals surface area contributed by atoms with Crippen molar-refractivity contribution in [1.29, 1.82) is 0 Å². The molecule has 0 spiro atoms. The van der Waals surface area contributed by atoms with Gasteiger partial charge in [-0.05, 0) is 6.42 Å². The molecule has 0 amide bonds. The van der Waals surface area contributed by atoms with Gasteiger partial charge in [0.2, 0.25) is 0 Å². The maximum atomic E-state index is 8.54. The van der Waals surface area contributed by atoms with Crippen LogP contribution in [-0.4, -0.2) is 154 Å². The average Bonchev–Trinajstić information content (AvgIpc) is 3.04. The molecule has 3 N–H and O–H groups in total. The van der Waals surface area contributed by atoms with Crippen LogP contribution >= 0.6 is 0 Å². The summed E-state index contributed by atoms with van der Waals surface area (Å²) in [6.07, 6.45) is 13.5. The molecule has 0 heterocycles. The van der Waals surface area contributed by atoms with E-state index < -0.39 is 0 Å². The summed E-state index contributed by atoms with van der Waals surface area (Å²) in [5.74, 6) is 0. The van der Waals surface area contributed by atoms with Crippen LogP contribution in [0.25, 0.3) is 0 Å². The van der Waals surface area contributed by atoms with E-state index in [-0.39, 0.29) is 19.8 Å². The maximum absolute atomic E-state index is 8.54. The summed E-state index contributed by atoms with van der Waals surface area (Å²) in [4.78, 5) is 0. The molecule has 0 atom stereocenters. The fraction of sp³-hybridized carbons (Fsp3) is 1.00. The van der Waals surface area contributed by atoms with E-state index in [0.717, 1.165) is 13.0 Å². The zero-order valence-corrected chi connectivity index (χ0v) is 27.9. The summed E-state index contributed by atoms with van der Waals surface area (Å²) >= 11 is 0. The molecule has 0 aliphatic heterocycles. The summed E-state index contributed by atoms with van der Waals surface area (Å²) in [7, 11) is 0. The van der Waals surface area contributed by atoms with Gasteiger partial charge in [0, 0.05) is 6.61 Å². The molecule has 0 aromatic carbocycles. The Morgan fingerprint density at radius 3 is 0.705 bits per heavy atom. The first kappa shape index (κ1) is 45.6. The Morgan fingerprint density at radius 2 is 0.455 bits per heavy atom. The Labute approximate surface area is 267 Å². The number of ether oxygens (including phenoxy) is 9. The third-order valence-corrected chi connectivity index (χ3v) is 5.95. The molecule has 0 aromatic rings. The van der Waals surface area contributed by atoms with Gasteiger partial charge in [-0.25, -0.2) is 0 Å². The number of hydrogen-bond donors (Lipinski definition) is 3. The molecule has 268 valence electrons. The summed E-state index contributed by atoms with van der Waals surface area (Å²) in [5.41, 5.74) is 0. The van der Waals surface area contributed by atoms with Gasteiger partial charge in [-0.2, -0.15) is 0 Å². The van der Waals surface area contributed by atoms with Crippen LogP contribution in [0.4, 0.5) is 0 Å². The third-order valence-electron chi connectivity index (χ3n) is 5.95. The number of rotatable bonds is 38. The third kappa shape index (κ3) is 48.4. The average molecular weight is 645 g/mol. The molecule has 0 unspecified atom stereocenters. The smallest absolute Gasteiger partial charge is 0.0701 e. The highest BCUT2D eigenvalue weighted by atomic mass is 16.6. The van der Waals surface area contributed by atoms with E-state index >= 15 is 0 Å². The standard InChI is InChI=1S/C22H46O6.C10H22O6/c1-2-3-4-5-6-7-8-9-10-11-13-24-15-17-26-19-21-28-22-20-27-18-16-25-14-12-23;11-1-3-13-5-7-15-9-10-16-8-6-14-4-2-12/h23H,2-22H2,1H3;11-12H,1-10H2. The van der Waals surface area contributed by atoms with Crippen molar-refractivity contribution in [2.45, 2.75) is 71.1 Å². The van der Waals surface area contributed by atoms with Gasteiger partial charge >= 0.3 is 0 Å². The van der Waals surface area contributed by atoms with Crippen molar-refractivity contribution < 1.29 is 58.0 Å². The van der Waals surface area contributed by atoms with Gasteiger partial charge in [0.05, 0.1) is 132 Å². The SMILES string of the molecule is CCCCCCCCCCCCOCCOCCOCCOCCOCCO.OCCOCCOCCOCCOCCO. The van der Waals surface area contributed by atoms with Gasteiger partial charge in [-0.3, -0.25) is 0 Å². The monoisotopic (exact) mass is 644 g/mol. The summed E-state index contributed by atoms with van der Waals surface area (Å²) in [5, 5.41) is 25.4. The summed E-state index contributed by atoms with van der Waals surface area (Å²) < 4.78 is 47.3. The minimum atomic E-state index is 0.0386. The van der Waals surface area contributed by atoms with Gasteiger partial charge in [0.1, 0.15) is 0 Å². The molecule has 12 heteroatoms. The second-order valence-electron chi connectivity index (χ2n) is 9.86. The van der Waals surface area contributed by atoms with Gasteiger partial charge in [-0.15, -0.1) is 0 Å². The van der Waals surface area contributed by atoms with Crippen LogP contribution in [0.15, 0.2) is 0 Å². The van der Waals surface area contributed by atoms with Crippen LogP contribution in [0.3, 0.4) is 0 Å². The van der Waals surface area contributed by atoms with Crippen LogP contribution in [0, 0.1) is 0 Å². The Hall–Kier alpha value is -0.480. The maximum Gasteiger partial charge on any atom is 0.0701 e. The summed E-state index contributed by atoms with van der Waals surface area (Å²) in [6.45, 7) is 11.9. The topological polar surface area (TPSA) is 144 Å². The second kappa shape index (κ2) is 46.9. The van der Waals surface area contributed by atoms with Crippen LogP contribution in [0.1, 0.15) is 71.1 Å². The molecule has 0 aliphatic rings. The predicted molar refractivity (Wildman–Crippen MR) is 170 cm³/mol. The molecule has 0 rings (SSSR count). The van der Waals surface area contributed by atoms with Crippen LogP contribution in [-0.2, 0) is 42.6 Å². The van der Waals surface area contributed by atoms with Crippen molar-refractivity contribution in [3.05, 3.63) is 0 Å². The van der Waals surface area contributed by atoms with E-state index in [1.165, 1.54) is 57.8 Å². The van der Waals surface area contributed by atoms with Crippen molar-refractivity contribution in [3.63, 3.8) is 0 Å². The first-order chi connectivity index (χ1) is 21.8. The van der Waals surface area contributed by atoms with E-state index in [0.29, 0.717) is 112 Å². The van der Waals surface area contributed by atoms with Crippen molar-refractivity contribution >= 4 is 0 Å². The molecular weight excluding hydrogens is 576 g/mol. The lowest BCUT2D eigenvalue weighted by Crippen LogP contribution is -2.13. The molecular formula is C32H68O12. The van der Waals surface area contributed by atoms with Gasteiger partial charge in [0.25, 0.3) is 0 Å². The fourth-order valence-electron chi connectivity index (χ4n) is 3.63. The lowest BCUT2D eigenvalue weighted by atomic mass is 10.1. The molecule has 0 aromatic heterocycles. The Bertz CT molecular complexity index is 423. The largest absolute Gasteiger partial charge is 0.394 e. The fourth-order valence-corrected chi connectivity index (χ4v) is 3.63. The Kier molecular flexibility index (Phi) is 48.7. The van der Waals surface area contributed by atoms with Crippen LogP contribution in [0.2, 0.25) is 0 Å². The minimum Gasteiger partial charge on any atom is -0.394 e. The Balaban J connectivity index is 0. The van der Waals surface area contributed by atoms with Crippen LogP contribution < -0.4 is 0 Å².